The number of hydrogen-bond acceptors (Lipinski definition) is 5. The van der Waals surface area contributed by atoms with E-state index in [-0.39, 0.29) is 23.4 Å². The van der Waals surface area contributed by atoms with Gasteiger partial charge in [-0.2, -0.15) is 0 Å². The first-order valence-electron chi connectivity index (χ1n) is 13.7. The number of para-hydroxylation sites is 2. The Labute approximate surface area is 230 Å². The van der Waals surface area contributed by atoms with Crippen molar-refractivity contribution >= 4 is 23.1 Å². The van der Waals surface area contributed by atoms with Crippen LogP contribution in [0.25, 0.3) is 0 Å². The number of hydrogen-bond donors (Lipinski definition) is 1. The molecule has 0 aliphatic carbocycles. The first kappa shape index (κ1) is 28.3. The van der Waals surface area contributed by atoms with Gasteiger partial charge in [-0.05, 0) is 92.5 Å². The number of carbonyl (C=O) groups is 2. The van der Waals surface area contributed by atoms with Crippen LogP contribution in [0.4, 0.5) is 15.8 Å². The minimum atomic E-state index is -0.339. The van der Waals surface area contributed by atoms with Gasteiger partial charge in [0.2, 0.25) is 0 Å². The normalized spacial score (nSPS) is 14.3. The Bertz CT molecular complexity index is 1240. The maximum Gasteiger partial charge on any atom is 0.258 e. The number of ether oxygens (including phenoxy) is 1. The molecule has 1 aliphatic heterocycles. The summed E-state index contributed by atoms with van der Waals surface area (Å²) in [7, 11) is 1.61. The van der Waals surface area contributed by atoms with E-state index in [2.05, 4.69) is 24.1 Å². The Kier molecular flexibility index (Phi) is 9.71. The van der Waals surface area contributed by atoms with E-state index < -0.39 is 0 Å². The zero-order chi connectivity index (χ0) is 27.8. The number of halogens is 1. The molecule has 0 saturated carbocycles. The number of anilines is 2. The molecule has 0 radical (unpaired) electrons. The van der Waals surface area contributed by atoms with Crippen molar-refractivity contribution in [3.05, 3.63) is 89.7 Å². The van der Waals surface area contributed by atoms with Gasteiger partial charge in [0.1, 0.15) is 11.6 Å². The summed E-state index contributed by atoms with van der Waals surface area (Å²) in [4.78, 5) is 30.7. The van der Waals surface area contributed by atoms with Gasteiger partial charge in [0, 0.05) is 42.4 Å². The second kappa shape index (κ2) is 13.4. The van der Waals surface area contributed by atoms with E-state index in [4.69, 9.17) is 4.74 Å². The number of nitrogens with zero attached hydrogens (tertiary/aromatic N) is 2. The Morgan fingerprint density at radius 3 is 2.26 bits per heavy atom. The molecule has 1 aliphatic rings. The highest BCUT2D eigenvalue weighted by Crippen LogP contribution is 2.30. The molecule has 3 aromatic rings. The summed E-state index contributed by atoms with van der Waals surface area (Å²) in [6.07, 6.45) is 1.48. The molecular weight excluding hydrogens is 493 g/mol. The molecule has 6 nitrogen and oxygen atoms in total. The van der Waals surface area contributed by atoms with E-state index in [9.17, 15) is 14.0 Å². The number of piperidine rings is 1. The Hall–Kier alpha value is -3.71. The van der Waals surface area contributed by atoms with Crippen molar-refractivity contribution in [3.8, 4) is 5.75 Å². The summed E-state index contributed by atoms with van der Waals surface area (Å²) >= 11 is 0. The molecule has 0 atom stereocenters. The number of nitrogens with one attached hydrogen (secondary N) is 1. The maximum absolute atomic E-state index is 13.7. The monoisotopic (exact) mass is 531 g/mol. The zero-order valence-electron chi connectivity index (χ0n) is 23.0. The van der Waals surface area contributed by atoms with E-state index >= 15 is 0 Å². The summed E-state index contributed by atoms with van der Waals surface area (Å²) in [5.41, 5.74) is 2.89. The highest BCUT2D eigenvalue weighted by Gasteiger charge is 2.27. The van der Waals surface area contributed by atoms with Gasteiger partial charge in [0.25, 0.3) is 5.91 Å². The fourth-order valence-electron chi connectivity index (χ4n) is 4.90. The number of methoxy groups -OCH3 is 1. The third-order valence-corrected chi connectivity index (χ3v) is 7.19. The number of likely N-dealkylation sites (tertiary alicyclic amines) is 1. The fourth-order valence-corrected chi connectivity index (χ4v) is 4.90. The fraction of sp³-hybridized carbons (Fsp3) is 0.375. The molecule has 3 aromatic carbocycles. The van der Waals surface area contributed by atoms with Crippen LogP contribution in [-0.2, 0) is 0 Å². The standard InChI is InChI=1S/C32H38FN3O3/c1-23(2)22-34-28-14-10-26(11-15-28)32(38)36(29-6-4-5-7-30(29)39-3)21-20-35-18-16-25(17-19-35)31(37)24-8-12-27(33)13-9-24/h4-15,23,25,34H,16-22H2,1-3H3. The first-order chi connectivity index (χ1) is 18.9. The summed E-state index contributed by atoms with van der Waals surface area (Å²) < 4.78 is 18.8. The number of rotatable bonds is 11. The number of carbonyl (C=O) groups excluding carboxylic acids is 2. The molecular formula is C32H38FN3O3. The van der Waals surface area contributed by atoms with E-state index in [1.54, 1.807) is 24.1 Å². The molecule has 4 rings (SSSR count). The summed E-state index contributed by atoms with van der Waals surface area (Å²) in [5, 5.41) is 3.39. The van der Waals surface area contributed by atoms with Crippen molar-refractivity contribution in [3.63, 3.8) is 0 Å². The lowest BCUT2D eigenvalue weighted by molar-refractivity contribution is 0.0841. The van der Waals surface area contributed by atoms with Gasteiger partial charge in [-0.3, -0.25) is 9.59 Å². The van der Waals surface area contributed by atoms with E-state index in [1.807, 2.05) is 48.5 Å². The lowest BCUT2D eigenvalue weighted by atomic mass is 9.89. The zero-order valence-corrected chi connectivity index (χ0v) is 23.0. The van der Waals surface area contributed by atoms with Gasteiger partial charge < -0.3 is 19.9 Å². The summed E-state index contributed by atoms with van der Waals surface area (Å²) in [6.45, 7) is 7.87. The Morgan fingerprint density at radius 2 is 1.62 bits per heavy atom. The minimum absolute atomic E-state index is 0.0681. The van der Waals surface area contributed by atoms with Gasteiger partial charge >= 0.3 is 0 Å². The smallest absolute Gasteiger partial charge is 0.258 e. The third-order valence-electron chi connectivity index (χ3n) is 7.19. The number of amides is 1. The third kappa shape index (κ3) is 7.45. The van der Waals surface area contributed by atoms with Gasteiger partial charge in [0.15, 0.2) is 5.78 Å². The first-order valence-corrected chi connectivity index (χ1v) is 13.7. The molecule has 0 spiro atoms. The SMILES string of the molecule is COc1ccccc1N(CCN1CCC(C(=O)c2ccc(F)cc2)CC1)C(=O)c1ccc(NCC(C)C)cc1. The van der Waals surface area contributed by atoms with Crippen LogP contribution in [0.1, 0.15) is 47.4 Å². The molecule has 39 heavy (non-hydrogen) atoms. The average Bonchev–Trinajstić information content (AvgIpc) is 2.97. The van der Waals surface area contributed by atoms with Crippen LogP contribution in [-0.4, -0.2) is 56.4 Å². The van der Waals surface area contributed by atoms with Crippen LogP contribution in [0, 0.1) is 17.7 Å². The van der Waals surface area contributed by atoms with Crippen molar-refractivity contribution in [2.45, 2.75) is 26.7 Å². The van der Waals surface area contributed by atoms with Crippen LogP contribution < -0.4 is 15.0 Å². The van der Waals surface area contributed by atoms with Crippen LogP contribution in [0.5, 0.6) is 5.75 Å². The van der Waals surface area contributed by atoms with Gasteiger partial charge in [-0.1, -0.05) is 26.0 Å². The second-order valence-corrected chi connectivity index (χ2v) is 10.5. The molecule has 1 saturated heterocycles. The predicted octanol–water partition coefficient (Wildman–Crippen LogP) is 6.14. The highest BCUT2D eigenvalue weighted by molar-refractivity contribution is 6.07. The lowest BCUT2D eigenvalue weighted by Crippen LogP contribution is -2.43. The van der Waals surface area contributed by atoms with E-state index in [1.165, 1.54) is 12.1 Å². The summed E-state index contributed by atoms with van der Waals surface area (Å²) in [6, 6.07) is 21.0. The van der Waals surface area contributed by atoms with Crippen molar-refractivity contribution in [2.75, 3.05) is 50.1 Å². The molecule has 1 N–H and O–H groups in total. The molecule has 0 aromatic heterocycles. The van der Waals surface area contributed by atoms with Crippen molar-refractivity contribution in [1.29, 1.82) is 0 Å². The molecule has 206 valence electrons. The largest absolute Gasteiger partial charge is 0.495 e. The topological polar surface area (TPSA) is 61.9 Å². The van der Waals surface area contributed by atoms with Crippen molar-refractivity contribution < 1.29 is 18.7 Å². The van der Waals surface area contributed by atoms with Gasteiger partial charge in [-0.25, -0.2) is 4.39 Å². The number of Topliss-reactive ketones (excluding diaryl/α,β-unsaturated/α-hetero) is 1. The van der Waals surface area contributed by atoms with Crippen LogP contribution in [0.2, 0.25) is 0 Å². The maximum atomic E-state index is 13.7. The molecule has 7 heteroatoms. The van der Waals surface area contributed by atoms with Gasteiger partial charge in [-0.15, -0.1) is 0 Å². The number of benzene rings is 3. The Morgan fingerprint density at radius 1 is 0.974 bits per heavy atom. The lowest BCUT2D eigenvalue weighted by Gasteiger charge is -2.33. The highest BCUT2D eigenvalue weighted by atomic mass is 19.1. The molecule has 0 unspecified atom stereocenters. The quantitative estimate of drug-likeness (QED) is 0.301. The van der Waals surface area contributed by atoms with E-state index in [0.717, 1.165) is 43.9 Å². The molecule has 1 amide bonds. The van der Waals surface area contributed by atoms with Crippen LogP contribution in [0.15, 0.2) is 72.8 Å². The van der Waals surface area contributed by atoms with Gasteiger partial charge in [0.05, 0.1) is 12.8 Å². The molecule has 1 heterocycles. The van der Waals surface area contributed by atoms with Crippen LogP contribution in [0.3, 0.4) is 0 Å². The van der Waals surface area contributed by atoms with Crippen LogP contribution >= 0.6 is 0 Å². The molecule has 0 bridgehead atoms. The number of ketones is 1. The minimum Gasteiger partial charge on any atom is -0.495 e. The average molecular weight is 532 g/mol. The van der Waals surface area contributed by atoms with E-state index in [0.29, 0.717) is 35.9 Å². The molecule has 1 fully saturated rings. The Balaban J connectivity index is 1.42. The van der Waals surface area contributed by atoms with Crippen molar-refractivity contribution in [2.24, 2.45) is 11.8 Å². The predicted molar refractivity (Wildman–Crippen MR) is 154 cm³/mol. The van der Waals surface area contributed by atoms with Crippen molar-refractivity contribution in [1.82, 2.24) is 4.90 Å². The summed E-state index contributed by atoms with van der Waals surface area (Å²) in [5.74, 6) is 0.752. The second-order valence-electron chi connectivity index (χ2n) is 10.5.